The van der Waals surface area contributed by atoms with Crippen molar-refractivity contribution in [2.24, 2.45) is 0 Å². The van der Waals surface area contributed by atoms with Gasteiger partial charge in [-0.25, -0.2) is 19.5 Å². The van der Waals surface area contributed by atoms with E-state index in [0.717, 1.165) is 43.3 Å². The first-order chi connectivity index (χ1) is 11.9. The first-order valence-corrected chi connectivity index (χ1v) is 8.49. The van der Waals surface area contributed by atoms with E-state index in [4.69, 9.17) is 5.10 Å². The molecule has 0 unspecified atom stereocenters. The zero-order valence-corrected chi connectivity index (χ0v) is 13.4. The Bertz CT molecular complexity index is 848. The molecule has 2 aliphatic rings. The molecule has 2 fully saturated rings. The molecule has 4 heterocycles. The van der Waals surface area contributed by atoms with Gasteiger partial charge in [-0.1, -0.05) is 0 Å². The van der Waals surface area contributed by atoms with Crippen molar-refractivity contribution >= 4 is 17.2 Å². The Morgan fingerprint density at radius 3 is 2.54 bits per heavy atom. The number of fused-ring (bicyclic) bond motifs is 1. The van der Waals surface area contributed by atoms with E-state index in [2.05, 4.69) is 30.8 Å². The lowest BCUT2D eigenvalue weighted by molar-refractivity contribution is 0.641. The molecule has 1 saturated carbocycles. The van der Waals surface area contributed by atoms with Gasteiger partial charge in [0.15, 0.2) is 5.82 Å². The molecule has 24 heavy (non-hydrogen) atoms. The Kier molecular flexibility index (Phi) is 3.11. The van der Waals surface area contributed by atoms with Gasteiger partial charge < -0.3 is 9.80 Å². The van der Waals surface area contributed by atoms with Gasteiger partial charge >= 0.3 is 0 Å². The first-order valence-electron chi connectivity index (χ1n) is 8.49. The van der Waals surface area contributed by atoms with Gasteiger partial charge in [-0.05, 0) is 25.0 Å². The highest BCUT2D eigenvalue weighted by molar-refractivity contribution is 5.70. The molecular weight excluding hydrogens is 302 g/mol. The fourth-order valence-electron chi connectivity index (χ4n) is 3.37. The van der Waals surface area contributed by atoms with Crippen LogP contribution in [0.3, 0.4) is 0 Å². The van der Waals surface area contributed by atoms with Gasteiger partial charge in [-0.3, -0.25) is 0 Å². The molecule has 1 aliphatic heterocycles. The molecule has 0 amide bonds. The molecule has 0 spiro atoms. The number of nitrogens with zero attached hydrogens (tertiary/aromatic N) is 7. The van der Waals surface area contributed by atoms with Crippen LogP contribution < -0.4 is 9.80 Å². The van der Waals surface area contributed by atoms with Crippen LogP contribution in [-0.2, 0) is 0 Å². The maximum Gasteiger partial charge on any atom is 0.154 e. The van der Waals surface area contributed by atoms with Gasteiger partial charge in [0.25, 0.3) is 0 Å². The summed E-state index contributed by atoms with van der Waals surface area (Å²) in [6, 6.07) is 4.18. The highest BCUT2D eigenvalue weighted by Gasteiger charge is 2.28. The largest absolute Gasteiger partial charge is 0.353 e. The van der Waals surface area contributed by atoms with Crippen LogP contribution in [0.15, 0.2) is 37.1 Å². The second kappa shape index (κ2) is 5.43. The Hall–Kier alpha value is -2.70. The number of hydrogen-bond donors (Lipinski definition) is 0. The SMILES string of the molecule is c1cc(N2CCN(c3nccn4nc(C5CC5)cc34)CC2)ncn1. The van der Waals surface area contributed by atoms with Crippen molar-refractivity contribution in [2.45, 2.75) is 18.8 Å². The molecule has 0 radical (unpaired) electrons. The van der Waals surface area contributed by atoms with Gasteiger partial charge in [-0.2, -0.15) is 5.10 Å². The van der Waals surface area contributed by atoms with Crippen molar-refractivity contribution in [1.82, 2.24) is 24.6 Å². The van der Waals surface area contributed by atoms with Crippen LogP contribution in [0.5, 0.6) is 0 Å². The number of aromatic nitrogens is 5. The zero-order chi connectivity index (χ0) is 15.9. The van der Waals surface area contributed by atoms with Gasteiger partial charge in [0, 0.05) is 50.7 Å². The minimum absolute atomic E-state index is 0.660. The summed E-state index contributed by atoms with van der Waals surface area (Å²) < 4.78 is 1.98. The average Bonchev–Trinajstić information content (AvgIpc) is 3.41. The van der Waals surface area contributed by atoms with E-state index in [-0.39, 0.29) is 0 Å². The smallest absolute Gasteiger partial charge is 0.154 e. The average molecular weight is 321 g/mol. The lowest BCUT2D eigenvalue weighted by Gasteiger charge is -2.36. The number of rotatable bonds is 3. The van der Waals surface area contributed by atoms with Crippen molar-refractivity contribution in [3.63, 3.8) is 0 Å². The third kappa shape index (κ3) is 2.36. The minimum Gasteiger partial charge on any atom is -0.353 e. The summed E-state index contributed by atoms with van der Waals surface area (Å²) >= 11 is 0. The van der Waals surface area contributed by atoms with Crippen molar-refractivity contribution < 1.29 is 0 Å². The summed E-state index contributed by atoms with van der Waals surface area (Å²) in [4.78, 5) is 17.6. The van der Waals surface area contributed by atoms with Crippen LogP contribution in [0.4, 0.5) is 11.6 Å². The Morgan fingerprint density at radius 2 is 1.79 bits per heavy atom. The van der Waals surface area contributed by atoms with Crippen LogP contribution in [0.1, 0.15) is 24.5 Å². The molecule has 1 saturated heterocycles. The van der Waals surface area contributed by atoms with Crippen LogP contribution >= 0.6 is 0 Å². The molecule has 3 aromatic rings. The molecular formula is C17H19N7. The summed E-state index contributed by atoms with van der Waals surface area (Å²) in [7, 11) is 0. The third-order valence-electron chi connectivity index (χ3n) is 4.85. The molecule has 3 aromatic heterocycles. The third-order valence-corrected chi connectivity index (χ3v) is 4.85. The number of anilines is 2. The number of piperazine rings is 1. The van der Waals surface area contributed by atoms with Gasteiger partial charge in [0.2, 0.25) is 0 Å². The summed E-state index contributed by atoms with van der Waals surface area (Å²) in [6.45, 7) is 3.73. The molecule has 7 heteroatoms. The van der Waals surface area contributed by atoms with Gasteiger partial charge in [0.1, 0.15) is 17.7 Å². The van der Waals surface area contributed by atoms with Crippen LogP contribution in [-0.4, -0.2) is 50.7 Å². The molecule has 7 nitrogen and oxygen atoms in total. The van der Waals surface area contributed by atoms with E-state index in [1.165, 1.54) is 18.5 Å². The van der Waals surface area contributed by atoms with Crippen molar-refractivity contribution in [2.75, 3.05) is 36.0 Å². The van der Waals surface area contributed by atoms with Crippen molar-refractivity contribution in [1.29, 1.82) is 0 Å². The monoisotopic (exact) mass is 321 g/mol. The predicted octanol–water partition coefficient (Wildman–Crippen LogP) is 1.72. The van der Waals surface area contributed by atoms with E-state index >= 15 is 0 Å². The molecule has 1 aliphatic carbocycles. The Balaban J connectivity index is 1.39. The van der Waals surface area contributed by atoms with E-state index in [0.29, 0.717) is 5.92 Å². The molecule has 5 rings (SSSR count). The predicted molar refractivity (Wildman–Crippen MR) is 91.4 cm³/mol. The Labute approximate surface area is 140 Å². The van der Waals surface area contributed by atoms with Gasteiger partial charge in [-0.15, -0.1) is 0 Å². The molecule has 0 aromatic carbocycles. The highest BCUT2D eigenvalue weighted by Crippen LogP contribution is 2.40. The van der Waals surface area contributed by atoms with Crippen molar-refractivity contribution in [3.05, 3.63) is 42.7 Å². The lowest BCUT2D eigenvalue weighted by atomic mass is 10.2. The fraction of sp³-hybridized carbons (Fsp3) is 0.412. The highest BCUT2D eigenvalue weighted by atomic mass is 15.3. The second-order valence-electron chi connectivity index (χ2n) is 6.47. The second-order valence-corrected chi connectivity index (χ2v) is 6.47. The zero-order valence-electron chi connectivity index (χ0n) is 13.4. The standard InChI is InChI=1S/C17H19N7/c1-2-13(1)14-11-15-17(19-5-6-24(15)21-14)23-9-7-22(8-10-23)16-3-4-18-12-20-16/h3-6,11-13H,1-2,7-10H2. The normalized spacial score (nSPS) is 18.3. The van der Waals surface area contributed by atoms with E-state index in [9.17, 15) is 0 Å². The summed E-state index contributed by atoms with van der Waals surface area (Å²) in [6.07, 6.45) is 9.73. The summed E-state index contributed by atoms with van der Waals surface area (Å²) in [5.41, 5.74) is 2.33. The summed E-state index contributed by atoms with van der Waals surface area (Å²) in [5, 5.41) is 4.72. The summed E-state index contributed by atoms with van der Waals surface area (Å²) in [5.74, 6) is 2.70. The van der Waals surface area contributed by atoms with Crippen LogP contribution in [0.2, 0.25) is 0 Å². The van der Waals surface area contributed by atoms with Crippen LogP contribution in [0, 0.1) is 0 Å². The first kappa shape index (κ1) is 13.7. The molecule has 0 N–H and O–H groups in total. The fourth-order valence-corrected chi connectivity index (χ4v) is 3.37. The van der Waals surface area contributed by atoms with E-state index in [1.54, 1.807) is 12.5 Å². The molecule has 122 valence electrons. The van der Waals surface area contributed by atoms with Crippen molar-refractivity contribution in [3.8, 4) is 0 Å². The van der Waals surface area contributed by atoms with Gasteiger partial charge in [0.05, 0.1) is 5.69 Å². The molecule has 0 atom stereocenters. The number of hydrogen-bond acceptors (Lipinski definition) is 6. The minimum atomic E-state index is 0.660. The maximum absolute atomic E-state index is 4.72. The van der Waals surface area contributed by atoms with E-state index in [1.807, 2.05) is 23.0 Å². The van der Waals surface area contributed by atoms with Crippen LogP contribution in [0.25, 0.3) is 5.52 Å². The lowest BCUT2D eigenvalue weighted by Crippen LogP contribution is -2.47. The quantitative estimate of drug-likeness (QED) is 0.732. The van der Waals surface area contributed by atoms with E-state index < -0.39 is 0 Å². The molecule has 0 bridgehead atoms. The Morgan fingerprint density at radius 1 is 0.958 bits per heavy atom. The topological polar surface area (TPSA) is 62.5 Å². The maximum atomic E-state index is 4.72.